The maximum absolute atomic E-state index is 12.3. The molecular formula is C17H24N2O3. The standard InChI is InChI=1S/C17H24N2O3/c1-12(2)13-7-5-6-8-15(13)22-11-16(20)19(4)14-9-10-18(3)17(14)21/h5-8,12,14H,9-11H2,1-4H3. The van der Waals surface area contributed by atoms with Crippen molar-refractivity contribution in [1.29, 1.82) is 0 Å². The van der Waals surface area contributed by atoms with Crippen LogP contribution in [0.4, 0.5) is 0 Å². The number of benzene rings is 1. The highest BCUT2D eigenvalue weighted by atomic mass is 16.5. The number of para-hydroxylation sites is 1. The summed E-state index contributed by atoms with van der Waals surface area (Å²) in [5.74, 6) is 0.883. The average molecular weight is 304 g/mol. The molecule has 5 heteroatoms. The van der Waals surface area contributed by atoms with Gasteiger partial charge in [-0.05, 0) is 24.0 Å². The number of hydrogen-bond acceptors (Lipinski definition) is 3. The highest BCUT2D eigenvalue weighted by molar-refractivity contribution is 5.89. The maximum Gasteiger partial charge on any atom is 0.260 e. The summed E-state index contributed by atoms with van der Waals surface area (Å²) in [6, 6.07) is 7.37. The van der Waals surface area contributed by atoms with E-state index in [0.717, 1.165) is 11.3 Å². The number of carbonyl (C=O) groups excluding carboxylic acids is 2. The van der Waals surface area contributed by atoms with Crippen LogP contribution in [0.15, 0.2) is 24.3 Å². The van der Waals surface area contributed by atoms with Crippen LogP contribution in [0.2, 0.25) is 0 Å². The SMILES string of the molecule is CC(C)c1ccccc1OCC(=O)N(C)C1CCN(C)C1=O. The summed E-state index contributed by atoms with van der Waals surface area (Å²) >= 11 is 0. The molecule has 1 aliphatic heterocycles. The van der Waals surface area contributed by atoms with Crippen molar-refractivity contribution in [1.82, 2.24) is 9.80 Å². The third-order valence-electron chi connectivity index (χ3n) is 4.15. The van der Waals surface area contributed by atoms with Crippen LogP contribution >= 0.6 is 0 Å². The quantitative estimate of drug-likeness (QED) is 0.834. The first-order valence-corrected chi connectivity index (χ1v) is 7.64. The molecule has 0 saturated carbocycles. The molecule has 0 spiro atoms. The van der Waals surface area contributed by atoms with Crippen molar-refractivity contribution in [2.75, 3.05) is 27.2 Å². The largest absolute Gasteiger partial charge is 0.483 e. The fourth-order valence-electron chi connectivity index (χ4n) is 2.67. The van der Waals surface area contributed by atoms with Crippen molar-refractivity contribution in [3.63, 3.8) is 0 Å². The number of likely N-dealkylation sites (tertiary alicyclic amines) is 1. The van der Waals surface area contributed by atoms with Gasteiger partial charge in [-0.15, -0.1) is 0 Å². The van der Waals surface area contributed by atoms with E-state index in [2.05, 4.69) is 13.8 Å². The monoisotopic (exact) mass is 304 g/mol. The van der Waals surface area contributed by atoms with E-state index in [9.17, 15) is 9.59 Å². The minimum atomic E-state index is -0.360. The summed E-state index contributed by atoms with van der Waals surface area (Å²) in [7, 11) is 3.43. The van der Waals surface area contributed by atoms with Gasteiger partial charge in [-0.2, -0.15) is 0 Å². The van der Waals surface area contributed by atoms with E-state index >= 15 is 0 Å². The van der Waals surface area contributed by atoms with Crippen LogP contribution in [0.5, 0.6) is 5.75 Å². The van der Waals surface area contributed by atoms with E-state index in [-0.39, 0.29) is 24.5 Å². The average Bonchev–Trinajstić information content (AvgIpc) is 2.84. The fourth-order valence-corrected chi connectivity index (χ4v) is 2.67. The Kier molecular flexibility index (Phi) is 5.06. The van der Waals surface area contributed by atoms with Crippen molar-refractivity contribution in [3.05, 3.63) is 29.8 Å². The van der Waals surface area contributed by atoms with Crippen LogP contribution in [-0.4, -0.2) is 54.9 Å². The third-order valence-corrected chi connectivity index (χ3v) is 4.15. The topological polar surface area (TPSA) is 49.9 Å². The highest BCUT2D eigenvalue weighted by Crippen LogP contribution is 2.26. The minimum absolute atomic E-state index is 0.00145. The molecule has 1 atom stereocenters. The van der Waals surface area contributed by atoms with Gasteiger partial charge in [0.15, 0.2) is 6.61 Å². The molecule has 5 nitrogen and oxygen atoms in total. The molecule has 120 valence electrons. The van der Waals surface area contributed by atoms with Gasteiger partial charge in [0.2, 0.25) is 5.91 Å². The summed E-state index contributed by atoms with van der Waals surface area (Å²) < 4.78 is 5.69. The second-order valence-electron chi connectivity index (χ2n) is 6.05. The predicted octanol–water partition coefficient (Wildman–Crippen LogP) is 1.88. The van der Waals surface area contributed by atoms with Crippen molar-refractivity contribution in [2.45, 2.75) is 32.2 Å². The molecule has 2 amide bonds. The zero-order valence-corrected chi connectivity index (χ0v) is 13.7. The van der Waals surface area contributed by atoms with Gasteiger partial charge < -0.3 is 14.5 Å². The predicted molar refractivity (Wildman–Crippen MR) is 84.8 cm³/mol. The Hall–Kier alpha value is -2.04. The van der Waals surface area contributed by atoms with Crippen LogP contribution in [-0.2, 0) is 9.59 Å². The van der Waals surface area contributed by atoms with Gasteiger partial charge in [0.05, 0.1) is 0 Å². The summed E-state index contributed by atoms with van der Waals surface area (Å²) in [4.78, 5) is 27.4. The molecule has 22 heavy (non-hydrogen) atoms. The molecule has 0 radical (unpaired) electrons. The summed E-state index contributed by atoms with van der Waals surface area (Å²) in [5, 5.41) is 0. The van der Waals surface area contributed by atoms with Gasteiger partial charge in [-0.3, -0.25) is 9.59 Å². The normalized spacial score (nSPS) is 18.0. The van der Waals surface area contributed by atoms with Crippen molar-refractivity contribution >= 4 is 11.8 Å². The third kappa shape index (κ3) is 3.40. The van der Waals surface area contributed by atoms with E-state index in [1.165, 1.54) is 4.90 Å². The fraction of sp³-hybridized carbons (Fsp3) is 0.529. The van der Waals surface area contributed by atoms with Crippen LogP contribution < -0.4 is 4.74 Å². The second-order valence-corrected chi connectivity index (χ2v) is 6.05. The lowest BCUT2D eigenvalue weighted by Crippen LogP contribution is -2.44. The molecule has 1 heterocycles. The Bertz CT molecular complexity index is 557. The minimum Gasteiger partial charge on any atom is -0.483 e. The molecule has 0 aliphatic carbocycles. The summed E-state index contributed by atoms with van der Waals surface area (Å²) in [6.45, 7) is 4.82. The number of likely N-dealkylation sites (N-methyl/N-ethyl adjacent to an activating group) is 2. The summed E-state index contributed by atoms with van der Waals surface area (Å²) in [5.41, 5.74) is 1.08. The number of hydrogen-bond donors (Lipinski definition) is 0. The Morgan fingerprint density at radius 3 is 2.68 bits per heavy atom. The van der Waals surface area contributed by atoms with E-state index < -0.39 is 0 Å². The van der Waals surface area contributed by atoms with E-state index in [4.69, 9.17) is 4.74 Å². The molecule has 0 N–H and O–H groups in total. The van der Waals surface area contributed by atoms with Gasteiger partial charge in [0, 0.05) is 20.6 Å². The lowest BCUT2D eigenvalue weighted by atomic mass is 10.0. The van der Waals surface area contributed by atoms with Gasteiger partial charge in [0.1, 0.15) is 11.8 Å². The number of amides is 2. The van der Waals surface area contributed by atoms with Crippen LogP contribution in [0.1, 0.15) is 31.7 Å². The lowest BCUT2D eigenvalue weighted by Gasteiger charge is -2.23. The number of ether oxygens (including phenoxy) is 1. The second kappa shape index (κ2) is 6.81. The molecule has 0 aromatic heterocycles. The number of nitrogens with zero attached hydrogens (tertiary/aromatic N) is 2. The van der Waals surface area contributed by atoms with Crippen LogP contribution in [0, 0.1) is 0 Å². The number of rotatable bonds is 5. The van der Waals surface area contributed by atoms with Crippen molar-refractivity contribution < 1.29 is 14.3 Å². The first-order valence-electron chi connectivity index (χ1n) is 7.64. The smallest absolute Gasteiger partial charge is 0.260 e. The molecule has 0 bridgehead atoms. The van der Waals surface area contributed by atoms with Gasteiger partial charge >= 0.3 is 0 Å². The zero-order valence-electron chi connectivity index (χ0n) is 13.7. The molecule has 1 aromatic carbocycles. The van der Waals surface area contributed by atoms with E-state index in [0.29, 0.717) is 18.9 Å². The zero-order chi connectivity index (χ0) is 16.3. The first-order chi connectivity index (χ1) is 10.4. The molecule has 1 saturated heterocycles. The Balaban J connectivity index is 1.97. The molecule has 2 rings (SSSR count). The van der Waals surface area contributed by atoms with Crippen LogP contribution in [0.3, 0.4) is 0 Å². The summed E-state index contributed by atoms with van der Waals surface area (Å²) in [6.07, 6.45) is 0.681. The highest BCUT2D eigenvalue weighted by Gasteiger charge is 2.34. The Morgan fingerprint density at radius 1 is 1.41 bits per heavy atom. The van der Waals surface area contributed by atoms with Crippen LogP contribution in [0.25, 0.3) is 0 Å². The Morgan fingerprint density at radius 2 is 2.09 bits per heavy atom. The molecule has 1 aromatic rings. The van der Waals surface area contributed by atoms with Gasteiger partial charge in [-0.1, -0.05) is 32.0 Å². The Labute approximate surface area is 131 Å². The maximum atomic E-state index is 12.3. The first kappa shape index (κ1) is 16.3. The van der Waals surface area contributed by atoms with E-state index in [1.807, 2.05) is 24.3 Å². The molecular weight excluding hydrogens is 280 g/mol. The molecule has 1 fully saturated rings. The van der Waals surface area contributed by atoms with Crippen molar-refractivity contribution in [2.24, 2.45) is 0 Å². The van der Waals surface area contributed by atoms with Gasteiger partial charge in [-0.25, -0.2) is 0 Å². The lowest BCUT2D eigenvalue weighted by molar-refractivity contribution is -0.141. The van der Waals surface area contributed by atoms with Gasteiger partial charge in [0.25, 0.3) is 5.91 Å². The van der Waals surface area contributed by atoms with E-state index in [1.54, 1.807) is 19.0 Å². The molecule has 1 unspecified atom stereocenters. The number of carbonyl (C=O) groups is 2. The van der Waals surface area contributed by atoms with Crippen molar-refractivity contribution in [3.8, 4) is 5.75 Å². The molecule has 1 aliphatic rings.